The van der Waals surface area contributed by atoms with Gasteiger partial charge in [-0.2, -0.15) is 0 Å². The predicted molar refractivity (Wildman–Crippen MR) is 57.6 cm³/mol. The lowest BCUT2D eigenvalue weighted by molar-refractivity contribution is 0.399. The van der Waals surface area contributed by atoms with Gasteiger partial charge in [-0.3, -0.25) is 0 Å². The van der Waals surface area contributed by atoms with Gasteiger partial charge in [0.15, 0.2) is 11.6 Å². The van der Waals surface area contributed by atoms with Crippen LogP contribution in [0, 0.1) is 12.7 Å². The molecule has 1 aromatic carbocycles. The van der Waals surface area contributed by atoms with Crippen molar-refractivity contribution < 1.29 is 9.50 Å². The standard InChI is InChI=1S/C12H16FNO/c1-8-2-3-10(13)12(15)11(8)9-4-6-14-7-5-9/h2-3,9,14-15H,4-7H2,1H3. The van der Waals surface area contributed by atoms with Gasteiger partial charge in [-0.15, -0.1) is 0 Å². The van der Waals surface area contributed by atoms with Crippen molar-refractivity contribution in [2.75, 3.05) is 13.1 Å². The lowest BCUT2D eigenvalue weighted by atomic mass is 9.87. The SMILES string of the molecule is Cc1ccc(F)c(O)c1C1CCNCC1. The molecule has 1 aromatic rings. The van der Waals surface area contributed by atoms with Gasteiger partial charge in [0.1, 0.15) is 0 Å². The molecule has 2 rings (SSSR count). The van der Waals surface area contributed by atoms with Crippen molar-refractivity contribution in [3.8, 4) is 5.75 Å². The Morgan fingerprint density at radius 3 is 2.67 bits per heavy atom. The summed E-state index contributed by atoms with van der Waals surface area (Å²) < 4.78 is 13.2. The molecule has 2 N–H and O–H groups in total. The second kappa shape index (κ2) is 4.19. The first-order valence-electron chi connectivity index (χ1n) is 5.39. The van der Waals surface area contributed by atoms with Crippen molar-refractivity contribution in [3.63, 3.8) is 0 Å². The fourth-order valence-corrected chi connectivity index (χ4v) is 2.31. The summed E-state index contributed by atoms with van der Waals surface area (Å²) in [4.78, 5) is 0. The van der Waals surface area contributed by atoms with Crippen molar-refractivity contribution in [1.29, 1.82) is 0 Å². The van der Waals surface area contributed by atoms with Crippen LogP contribution in [-0.4, -0.2) is 18.2 Å². The number of hydrogen-bond acceptors (Lipinski definition) is 2. The van der Waals surface area contributed by atoms with Gasteiger partial charge in [-0.05, 0) is 50.4 Å². The molecule has 0 spiro atoms. The van der Waals surface area contributed by atoms with E-state index in [1.165, 1.54) is 6.07 Å². The number of piperidine rings is 1. The van der Waals surface area contributed by atoms with Crippen molar-refractivity contribution in [3.05, 3.63) is 29.1 Å². The number of benzene rings is 1. The van der Waals surface area contributed by atoms with Gasteiger partial charge in [0.25, 0.3) is 0 Å². The van der Waals surface area contributed by atoms with Crippen molar-refractivity contribution in [2.24, 2.45) is 0 Å². The normalized spacial score (nSPS) is 18.0. The van der Waals surface area contributed by atoms with Gasteiger partial charge < -0.3 is 10.4 Å². The zero-order valence-electron chi connectivity index (χ0n) is 8.89. The Kier molecular flexibility index (Phi) is 2.91. The summed E-state index contributed by atoms with van der Waals surface area (Å²) in [6.45, 7) is 3.82. The molecule has 1 saturated heterocycles. The average Bonchev–Trinajstić information content (AvgIpc) is 2.26. The molecule has 1 heterocycles. The van der Waals surface area contributed by atoms with Crippen LogP contribution in [0.15, 0.2) is 12.1 Å². The molecule has 0 aromatic heterocycles. The van der Waals surface area contributed by atoms with Gasteiger partial charge >= 0.3 is 0 Å². The van der Waals surface area contributed by atoms with E-state index in [-0.39, 0.29) is 5.75 Å². The van der Waals surface area contributed by atoms with Crippen LogP contribution in [0.1, 0.15) is 29.9 Å². The first kappa shape index (κ1) is 10.4. The highest BCUT2D eigenvalue weighted by Gasteiger charge is 2.21. The van der Waals surface area contributed by atoms with E-state index >= 15 is 0 Å². The van der Waals surface area contributed by atoms with Gasteiger partial charge in [0, 0.05) is 5.56 Å². The number of phenolic OH excluding ortho intramolecular Hbond substituents is 1. The summed E-state index contributed by atoms with van der Waals surface area (Å²) in [5.74, 6) is -0.363. The molecule has 0 saturated carbocycles. The summed E-state index contributed by atoms with van der Waals surface area (Å²) >= 11 is 0. The molecule has 82 valence electrons. The van der Waals surface area contributed by atoms with E-state index in [9.17, 15) is 9.50 Å². The van der Waals surface area contributed by atoms with Crippen LogP contribution < -0.4 is 5.32 Å². The van der Waals surface area contributed by atoms with Crippen LogP contribution in [0.4, 0.5) is 4.39 Å². The molecule has 15 heavy (non-hydrogen) atoms. The molecule has 0 radical (unpaired) electrons. The Morgan fingerprint density at radius 2 is 2.00 bits per heavy atom. The Labute approximate surface area is 89.1 Å². The highest BCUT2D eigenvalue weighted by molar-refractivity contribution is 5.42. The Morgan fingerprint density at radius 1 is 1.33 bits per heavy atom. The number of hydrogen-bond donors (Lipinski definition) is 2. The topological polar surface area (TPSA) is 32.3 Å². The molecule has 0 amide bonds. The number of aryl methyl sites for hydroxylation is 1. The highest BCUT2D eigenvalue weighted by atomic mass is 19.1. The maximum atomic E-state index is 13.2. The third-order valence-corrected chi connectivity index (χ3v) is 3.13. The van der Waals surface area contributed by atoms with E-state index in [4.69, 9.17) is 0 Å². The Bertz CT molecular complexity index is 359. The summed E-state index contributed by atoms with van der Waals surface area (Å²) in [5, 5.41) is 13.0. The maximum absolute atomic E-state index is 13.2. The molecular weight excluding hydrogens is 193 g/mol. The quantitative estimate of drug-likeness (QED) is 0.744. The predicted octanol–water partition coefficient (Wildman–Crippen LogP) is 2.31. The number of phenols is 1. The summed E-state index contributed by atoms with van der Waals surface area (Å²) in [6, 6.07) is 3.07. The van der Waals surface area contributed by atoms with Crippen molar-refractivity contribution in [2.45, 2.75) is 25.7 Å². The third kappa shape index (κ3) is 1.97. The number of nitrogens with one attached hydrogen (secondary N) is 1. The van der Waals surface area contributed by atoms with Crippen LogP contribution in [0.25, 0.3) is 0 Å². The zero-order valence-corrected chi connectivity index (χ0v) is 8.89. The number of halogens is 1. The van der Waals surface area contributed by atoms with Gasteiger partial charge in [0.05, 0.1) is 0 Å². The number of rotatable bonds is 1. The van der Waals surface area contributed by atoms with Crippen LogP contribution in [0.5, 0.6) is 5.75 Å². The molecular formula is C12H16FNO. The molecule has 3 heteroatoms. The fourth-order valence-electron chi connectivity index (χ4n) is 2.31. The fraction of sp³-hybridized carbons (Fsp3) is 0.500. The van der Waals surface area contributed by atoms with E-state index in [1.807, 2.05) is 6.92 Å². The van der Waals surface area contributed by atoms with E-state index in [0.29, 0.717) is 5.92 Å². The smallest absolute Gasteiger partial charge is 0.165 e. The molecule has 1 aliphatic rings. The number of aromatic hydroxyl groups is 1. The minimum absolute atomic E-state index is 0.151. The van der Waals surface area contributed by atoms with Gasteiger partial charge in [0.2, 0.25) is 0 Å². The van der Waals surface area contributed by atoms with Crippen LogP contribution in [-0.2, 0) is 0 Å². The van der Waals surface area contributed by atoms with E-state index in [1.54, 1.807) is 6.07 Å². The Hall–Kier alpha value is -1.09. The van der Waals surface area contributed by atoms with Crippen molar-refractivity contribution >= 4 is 0 Å². The molecule has 0 atom stereocenters. The minimum atomic E-state index is -0.505. The maximum Gasteiger partial charge on any atom is 0.165 e. The first-order valence-corrected chi connectivity index (χ1v) is 5.39. The lowest BCUT2D eigenvalue weighted by Gasteiger charge is -2.25. The molecule has 2 nitrogen and oxygen atoms in total. The zero-order chi connectivity index (χ0) is 10.8. The minimum Gasteiger partial charge on any atom is -0.505 e. The highest BCUT2D eigenvalue weighted by Crippen LogP contribution is 2.35. The van der Waals surface area contributed by atoms with Crippen LogP contribution >= 0.6 is 0 Å². The molecule has 0 aliphatic carbocycles. The summed E-state index contributed by atoms with van der Waals surface area (Å²) in [7, 11) is 0. The Balaban J connectivity index is 2.36. The molecule has 0 unspecified atom stereocenters. The van der Waals surface area contributed by atoms with E-state index in [2.05, 4.69) is 5.32 Å². The molecule has 1 aliphatic heterocycles. The first-order chi connectivity index (χ1) is 7.20. The summed E-state index contributed by atoms with van der Waals surface area (Å²) in [5.41, 5.74) is 1.79. The van der Waals surface area contributed by atoms with E-state index in [0.717, 1.165) is 37.1 Å². The van der Waals surface area contributed by atoms with Crippen molar-refractivity contribution in [1.82, 2.24) is 5.32 Å². The summed E-state index contributed by atoms with van der Waals surface area (Å²) in [6.07, 6.45) is 1.94. The van der Waals surface area contributed by atoms with E-state index < -0.39 is 5.82 Å². The molecule has 0 bridgehead atoms. The van der Waals surface area contributed by atoms with Crippen LogP contribution in [0.2, 0.25) is 0 Å². The lowest BCUT2D eigenvalue weighted by Crippen LogP contribution is -2.27. The second-order valence-corrected chi connectivity index (χ2v) is 4.15. The average molecular weight is 209 g/mol. The van der Waals surface area contributed by atoms with Gasteiger partial charge in [-0.1, -0.05) is 6.07 Å². The second-order valence-electron chi connectivity index (χ2n) is 4.15. The third-order valence-electron chi connectivity index (χ3n) is 3.13. The molecule has 1 fully saturated rings. The monoisotopic (exact) mass is 209 g/mol. The van der Waals surface area contributed by atoms with Crippen LogP contribution in [0.3, 0.4) is 0 Å². The largest absolute Gasteiger partial charge is 0.505 e. The van der Waals surface area contributed by atoms with Gasteiger partial charge in [-0.25, -0.2) is 4.39 Å².